The lowest BCUT2D eigenvalue weighted by molar-refractivity contribution is -0.139. The molecule has 0 radical (unpaired) electrons. The smallest absolute Gasteiger partial charge is 0.314 e. The Morgan fingerprint density at radius 3 is 2.90 bits per heavy atom. The molecular weight excluding hydrogens is 336 g/mol. The fourth-order valence-corrected chi connectivity index (χ4v) is 2.39. The van der Waals surface area contributed by atoms with Gasteiger partial charge < -0.3 is 9.84 Å². The fraction of sp³-hybridized carbons (Fsp3) is 0.267. The molecule has 0 amide bonds. The van der Waals surface area contributed by atoms with Gasteiger partial charge >= 0.3 is 5.97 Å². The normalized spacial score (nSPS) is 11.9. The molecule has 0 saturated heterocycles. The molecule has 2 rings (SSSR count). The van der Waals surface area contributed by atoms with Crippen LogP contribution in [0.5, 0.6) is 5.88 Å². The molecule has 110 valence electrons. The maximum atomic E-state index is 11.5. The summed E-state index contributed by atoms with van der Waals surface area (Å²) in [5.74, 6) is -1.11. The van der Waals surface area contributed by atoms with Gasteiger partial charge in [-0.05, 0) is 31.0 Å². The molecule has 0 spiro atoms. The van der Waals surface area contributed by atoms with Gasteiger partial charge in [-0.3, -0.25) is 4.79 Å². The lowest BCUT2D eigenvalue weighted by Crippen LogP contribution is -2.17. The molecule has 1 aromatic carbocycles. The Labute approximate surface area is 131 Å². The molecule has 0 aliphatic rings. The molecule has 21 heavy (non-hydrogen) atoms. The Morgan fingerprint density at radius 2 is 2.24 bits per heavy atom. The summed E-state index contributed by atoms with van der Waals surface area (Å²) in [6.45, 7) is 2.32. The molecule has 0 fully saturated rings. The summed E-state index contributed by atoms with van der Waals surface area (Å²) >= 11 is 3.38. The van der Waals surface area contributed by atoms with Crippen LogP contribution in [-0.2, 0) is 11.2 Å². The first kappa shape index (κ1) is 15.4. The number of carboxylic acid groups (broad SMARTS) is 1. The van der Waals surface area contributed by atoms with Crippen LogP contribution >= 0.6 is 15.9 Å². The van der Waals surface area contributed by atoms with Crippen LogP contribution in [0, 0.1) is 0 Å². The van der Waals surface area contributed by atoms with Crippen LogP contribution in [0.25, 0.3) is 0 Å². The molecule has 1 heterocycles. The van der Waals surface area contributed by atoms with E-state index in [1.54, 1.807) is 6.07 Å². The largest absolute Gasteiger partial charge is 0.481 e. The molecule has 6 heteroatoms. The lowest BCUT2D eigenvalue weighted by atomic mass is 9.98. The van der Waals surface area contributed by atoms with Crippen LogP contribution < -0.4 is 4.74 Å². The van der Waals surface area contributed by atoms with Crippen molar-refractivity contribution in [1.29, 1.82) is 0 Å². The van der Waals surface area contributed by atoms with Crippen molar-refractivity contribution < 1.29 is 14.6 Å². The average molecular weight is 351 g/mol. The number of rotatable bonds is 6. The van der Waals surface area contributed by atoms with Crippen molar-refractivity contribution in [3.63, 3.8) is 0 Å². The van der Waals surface area contributed by atoms with Gasteiger partial charge in [-0.1, -0.05) is 28.1 Å². The van der Waals surface area contributed by atoms with Crippen LogP contribution in [0.4, 0.5) is 0 Å². The first-order valence-corrected chi connectivity index (χ1v) is 7.32. The van der Waals surface area contributed by atoms with Gasteiger partial charge in [0, 0.05) is 16.7 Å². The van der Waals surface area contributed by atoms with Gasteiger partial charge in [-0.2, -0.15) is 4.98 Å². The SMILES string of the molecule is CCOc1ccnc(C(Cc2cccc(Br)c2)C(=O)O)n1. The molecule has 0 aliphatic heterocycles. The zero-order valence-electron chi connectivity index (χ0n) is 11.5. The van der Waals surface area contributed by atoms with Gasteiger partial charge in [0.05, 0.1) is 6.61 Å². The zero-order valence-corrected chi connectivity index (χ0v) is 13.1. The minimum Gasteiger partial charge on any atom is -0.481 e. The number of hydrogen-bond acceptors (Lipinski definition) is 4. The minimum atomic E-state index is -0.955. The van der Waals surface area contributed by atoms with Crippen LogP contribution in [-0.4, -0.2) is 27.7 Å². The van der Waals surface area contributed by atoms with Crippen LogP contribution in [0.15, 0.2) is 41.0 Å². The highest BCUT2D eigenvalue weighted by molar-refractivity contribution is 9.10. The lowest BCUT2D eigenvalue weighted by Gasteiger charge is -2.12. The standard InChI is InChI=1S/C15H15BrN2O3/c1-2-21-13-6-7-17-14(18-13)12(15(19)20)9-10-4-3-5-11(16)8-10/h3-8,12H,2,9H2,1H3,(H,19,20). The Balaban J connectivity index is 2.26. The molecule has 1 unspecified atom stereocenters. The highest BCUT2D eigenvalue weighted by atomic mass is 79.9. The van der Waals surface area contributed by atoms with Crippen molar-refractivity contribution in [2.24, 2.45) is 0 Å². The Hall–Kier alpha value is -1.95. The van der Waals surface area contributed by atoms with Gasteiger partial charge in [0.15, 0.2) is 0 Å². The maximum Gasteiger partial charge on any atom is 0.314 e. The van der Waals surface area contributed by atoms with Crippen LogP contribution in [0.3, 0.4) is 0 Å². The van der Waals surface area contributed by atoms with Crippen molar-refractivity contribution in [2.45, 2.75) is 19.3 Å². The molecule has 1 aromatic heterocycles. The first-order valence-electron chi connectivity index (χ1n) is 6.53. The molecule has 2 aromatic rings. The third-order valence-electron chi connectivity index (χ3n) is 2.88. The molecule has 0 aliphatic carbocycles. The summed E-state index contributed by atoms with van der Waals surface area (Å²) in [4.78, 5) is 19.8. The number of nitrogens with zero attached hydrogens (tertiary/aromatic N) is 2. The Bertz CT molecular complexity index is 634. The number of halogens is 1. The predicted octanol–water partition coefficient (Wildman–Crippen LogP) is 3.05. The number of aliphatic carboxylic acids is 1. The summed E-state index contributed by atoms with van der Waals surface area (Å²) in [6.07, 6.45) is 1.84. The average Bonchev–Trinajstić information content (AvgIpc) is 2.45. The molecule has 1 atom stereocenters. The van der Waals surface area contributed by atoms with E-state index in [2.05, 4.69) is 25.9 Å². The van der Waals surface area contributed by atoms with E-state index in [4.69, 9.17) is 4.74 Å². The highest BCUT2D eigenvalue weighted by Crippen LogP contribution is 2.22. The number of ether oxygens (including phenoxy) is 1. The van der Waals surface area contributed by atoms with E-state index in [1.165, 1.54) is 6.20 Å². The van der Waals surface area contributed by atoms with Crippen molar-refractivity contribution >= 4 is 21.9 Å². The van der Waals surface area contributed by atoms with Gasteiger partial charge in [0.2, 0.25) is 5.88 Å². The van der Waals surface area contributed by atoms with E-state index in [9.17, 15) is 9.90 Å². The maximum absolute atomic E-state index is 11.5. The van der Waals surface area contributed by atoms with Gasteiger partial charge in [-0.15, -0.1) is 0 Å². The highest BCUT2D eigenvalue weighted by Gasteiger charge is 2.24. The molecule has 0 bridgehead atoms. The minimum absolute atomic E-state index is 0.258. The third-order valence-corrected chi connectivity index (χ3v) is 3.37. The van der Waals surface area contributed by atoms with Crippen molar-refractivity contribution in [3.8, 4) is 5.88 Å². The monoisotopic (exact) mass is 350 g/mol. The Kier molecular flexibility index (Phi) is 5.27. The zero-order chi connectivity index (χ0) is 15.2. The van der Waals surface area contributed by atoms with E-state index in [0.29, 0.717) is 18.9 Å². The number of hydrogen-bond donors (Lipinski definition) is 1. The summed E-state index contributed by atoms with van der Waals surface area (Å²) in [7, 11) is 0. The van der Waals surface area contributed by atoms with Crippen LogP contribution in [0.2, 0.25) is 0 Å². The van der Waals surface area contributed by atoms with Gasteiger partial charge in [-0.25, -0.2) is 4.98 Å². The van der Waals surface area contributed by atoms with Crippen LogP contribution in [0.1, 0.15) is 24.2 Å². The molecule has 1 N–H and O–H groups in total. The topological polar surface area (TPSA) is 72.3 Å². The summed E-state index contributed by atoms with van der Waals surface area (Å²) in [6, 6.07) is 9.15. The predicted molar refractivity (Wildman–Crippen MR) is 81.4 cm³/mol. The van der Waals surface area contributed by atoms with Crippen molar-refractivity contribution in [2.75, 3.05) is 6.61 Å². The van der Waals surface area contributed by atoms with Gasteiger partial charge in [0.1, 0.15) is 11.7 Å². The molecular formula is C15H15BrN2O3. The quantitative estimate of drug-likeness (QED) is 0.866. The second kappa shape index (κ2) is 7.17. The van der Waals surface area contributed by atoms with Crippen molar-refractivity contribution in [3.05, 3.63) is 52.4 Å². The van der Waals surface area contributed by atoms with Gasteiger partial charge in [0.25, 0.3) is 0 Å². The number of benzene rings is 1. The third kappa shape index (κ3) is 4.26. The van der Waals surface area contributed by atoms with E-state index in [0.717, 1.165) is 10.0 Å². The first-order chi connectivity index (χ1) is 10.1. The summed E-state index contributed by atoms with van der Waals surface area (Å²) in [5, 5.41) is 9.45. The number of carboxylic acids is 1. The van der Waals surface area contributed by atoms with E-state index in [-0.39, 0.29) is 5.82 Å². The molecule has 0 saturated carbocycles. The van der Waals surface area contributed by atoms with E-state index >= 15 is 0 Å². The molecule has 5 nitrogen and oxygen atoms in total. The summed E-state index contributed by atoms with van der Waals surface area (Å²) < 4.78 is 6.20. The number of carbonyl (C=O) groups is 1. The van der Waals surface area contributed by atoms with E-state index in [1.807, 2.05) is 31.2 Å². The Morgan fingerprint density at radius 1 is 1.43 bits per heavy atom. The second-order valence-electron chi connectivity index (χ2n) is 4.41. The summed E-state index contributed by atoms with van der Waals surface area (Å²) in [5.41, 5.74) is 0.905. The van der Waals surface area contributed by atoms with Crippen molar-refractivity contribution in [1.82, 2.24) is 9.97 Å². The number of aromatic nitrogens is 2. The second-order valence-corrected chi connectivity index (χ2v) is 5.33. The van der Waals surface area contributed by atoms with E-state index < -0.39 is 11.9 Å². The fourth-order valence-electron chi connectivity index (χ4n) is 1.94.